The molecule has 0 bridgehead atoms. The molecule has 1 aromatic heterocycles. The summed E-state index contributed by atoms with van der Waals surface area (Å²) >= 11 is 0. The Morgan fingerprint density at radius 3 is 2.45 bits per heavy atom. The number of carbonyl (C=O) groups is 1. The number of ether oxygens (including phenoxy) is 1. The Kier molecular flexibility index (Phi) is 5.65. The first-order valence-corrected chi connectivity index (χ1v) is 11.0. The number of morpholine rings is 1. The predicted molar refractivity (Wildman–Crippen MR) is 120 cm³/mol. The highest BCUT2D eigenvalue weighted by Crippen LogP contribution is 2.38. The SMILES string of the molecule is O=C1c2oc3ccccc3c(=O)c2[C@@H](c2ccc([N+](=O)[O-])cc2)N1CCCN1CCOCC1. The lowest BCUT2D eigenvalue weighted by Crippen LogP contribution is -2.38. The number of nitro benzene ring substituents is 1. The van der Waals surface area contributed by atoms with Gasteiger partial charge in [-0.3, -0.25) is 24.6 Å². The highest BCUT2D eigenvalue weighted by molar-refractivity contribution is 5.99. The van der Waals surface area contributed by atoms with Gasteiger partial charge in [0.2, 0.25) is 5.76 Å². The molecular formula is C24H23N3O6. The van der Waals surface area contributed by atoms with E-state index in [1.54, 1.807) is 41.3 Å². The number of hydrogen-bond acceptors (Lipinski definition) is 7. The van der Waals surface area contributed by atoms with Gasteiger partial charge in [0, 0.05) is 38.3 Å². The van der Waals surface area contributed by atoms with Gasteiger partial charge in [0.25, 0.3) is 11.6 Å². The summed E-state index contributed by atoms with van der Waals surface area (Å²) in [5, 5.41) is 11.5. The molecule has 170 valence electrons. The molecule has 2 aliphatic rings. The summed E-state index contributed by atoms with van der Waals surface area (Å²) in [6.45, 7) is 4.34. The Hall–Kier alpha value is -3.56. The summed E-state index contributed by atoms with van der Waals surface area (Å²) in [7, 11) is 0. The van der Waals surface area contributed by atoms with Gasteiger partial charge in [-0.15, -0.1) is 0 Å². The number of carbonyl (C=O) groups excluding carboxylic acids is 1. The first-order chi connectivity index (χ1) is 16.0. The minimum absolute atomic E-state index is 0.0484. The molecule has 2 aromatic carbocycles. The average molecular weight is 449 g/mol. The summed E-state index contributed by atoms with van der Waals surface area (Å²) < 4.78 is 11.3. The van der Waals surface area contributed by atoms with E-state index in [4.69, 9.17) is 9.15 Å². The molecule has 0 N–H and O–H groups in total. The Balaban J connectivity index is 1.52. The largest absolute Gasteiger partial charge is 0.450 e. The number of non-ortho nitro benzene ring substituents is 1. The lowest BCUT2D eigenvalue weighted by atomic mass is 9.98. The van der Waals surface area contributed by atoms with Gasteiger partial charge in [0.15, 0.2) is 5.43 Å². The van der Waals surface area contributed by atoms with E-state index in [2.05, 4.69) is 4.90 Å². The van der Waals surface area contributed by atoms with E-state index in [-0.39, 0.29) is 22.8 Å². The fourth-order valence-corrected chi connectivity index (χ4v) is 4.61. The van der Waals surface area contributed by atoms with Crippen LogP contribution in [0.5, 0.6) is 0 Å². The third kappa shape index (κ3) is 3.90. The molecule has 0 aliphatic carbocycles. The Morgan fingerprint density at radius 1 is 1.00 bits per heavy atom. The van der Waals surface area contributed by atoms with Crippen LogP contribution in [0.3, 0.4) is 0 Å². The molecule has 33 heavy (non-hydrogen) atoms. The second kappa shape index (κ2) is 8.76. The van der Waals surface area contributed by atoms with Gasteiger partial charge in [-0.1, -0.05) is 12.1 Å². The lowest BCUT2D eigenvalue weighted by Gasteiger charge is -2.29. The molecule has 0 unspecified atom stereocenters. The van der Waals surface area contributed by atoms with Gasteiger partial charge in [-0.05, 0) is 36.2 Å². The van der Waals surface area contributed by atoms with Crippen molar-refractivity contribution in [2.24, 2.45) is 0 Å². The summed E-state index contributed by atoms with van der Waals surface area (Å²) in [5.74, 6) is -0.286. The van der Waals surface area contributed by atoms with Crippen molar-refractivity contribution in [1.82, 2.24) is 9.80 Å². The van der Waals surface area contributed by atoms with Crippen LogP contribution in [-0.4, -0.2) is 60.0 Å². The number of para-hydroxylation sites is 1. The van der Waals surface area contributed by atoms with E-state index in [9.17, 15) is 19.7 Å². The highest BCUT2D eigenvalue weighted by Gasteiger charge is 2.42. The zero-order valence-corrected chi connectivity index (χ0v) is 17.9. The van der Waals surface area contributed by atoms with Gasteiger partial charge in [0.05, 0.1) is 35.1 Å². The number of nitrogens with zero attached hydrogens (tertiary/aromatic N) is 3. The minimum Gasteiger partial charge on any atom is -0.450 e. The number of hydrogen-bond donors (Lipinski definition) is 0. The van der Waals surface area contributed by atoms with Crippen molar-refractivity contribution in [3.8, 4) is 0 Å². The third-order valence-corrected chi connectivity index (χ3v) is 6.27. The van der Waals surface area contributed by atoms with Crippen LogP contribution < -0.4 is 5.43 Å². The van der Waals surface area contributed by atoms with Crippen LogP contribution in [0.1, 0.15) is 34.1 Å². The van der Waals surface area contributed by atoms with Crippen molar-refractivity contribution in [3.05, 3.63) is 85.8 Å². The van der Waals surface area contributed by atoms with Gasteiger partial charge in [-0.2, -0.15) is 0 Å². The van der Waals surface area contributed by atoms with E-state index in [0.717, 1.165) is 26.1 Å². The van der Waals surface area contributed by atoms with Gasteiger partial charge >= 0.3 is 0 Å². The zero-order chi connectivity index (χ0) is 22.9. The van der Waals surface area contributed by atoms with Crippen molar-refractivity contribution in [3.63, 3.8) is 0 Å². The van der Waals surface area contributed by atoms with Crippen molar-refractivity contribution < 1.29 is 18.9 Å². The topological polar surface area (TPSA) is 106 Å². The van der Waals surface area contributed by atoms with Crippen molar-refractivity contribution >= 4 is 22.6 Å². The molecule has 0 radical (unpaired) electrons. The van der Waals surface area contributed by atoms with Crippen LogP contribution in [-0.2, 0) is 4.74 Å². The van der Waals surface area contributed by atoms with Crippen molar-refractivity contribution in [2.75, 3.05) is 39.4 Å². The zero-order valence-electron chi connectivity index (χ0n) is 17.9. The molecule has 1 amide bonds. The summed E-state index contributed by atoms with van der Waals surface area (Å²) in [5.41, 5.74) is 1.000. The number of nitro groups is 1. The number of benzene rings is 2. The molecule has 5 rings (SSSR count). The lowest BCUT2D eigenvalue weighted by molar-refractivity contribution is -0.384. The first-order valence-electron chi connectivity index (χ1n) is 11.0. The van der Waals surface area contributed by atoms with Crippen LogP contribution in [0.2, 0.25) is 0 Å². The van der Waals surface area contributed by atoms with E-state index >= 15 is 0 Å². The minimum atomic E-state index is -0.654. The maximum Gasteiger partial charge on any atom is 0.290 e. The van der Waals surface area contributed by atoms with E-state index < -0.39 is 11.0 Å². The average Bonchev–Trinajstić information content (AvgIpc) is 3.12. The molecule has 9 nitrogen and oxygen atoms in total. The Labute approximate surface area is 189 Å². The summed E-state index contributed by atoms with van der Waals surface area (Å²) in [6, 6.07) is 12.2. The quantitative estimate of drug-likeness (QED) is 0.421. The maximum atomic E-state index is 13.4. The monoisotopic (exact) mass is 449 g/mol. The molecule has 1 saturated heterocycles. The highest BCUT2D eigenvalue weighted by atomic mass is 16.6. The van der Waals surface area contributed by atoms with E-state index in [0.29, 0.717) is 41.9 Å². The Bertz CT molecular complexity index is 1260. The second-order valence-corrected chi connectivity index (χ2v) is 8.23. The summed E-state index contributed by atoms with van der Waals surface area (Å²) in [4.78, 5) is 41.4. The molecular weight excluding hydrogens is 426 g/mol. The maximum absolute atomic E-state index is 13.4. The van der Waals surface area contributed by atoms with Gasteiger partial charge in [-0.25, -0.2) is 0 Å². The van der Waals surface area contributed by atoms with Crippen LogP contribution in [0, 0.1) is 10.1 Å². The van der Waals surface area contributed by atoms with E-state index in [1.807, 2.05) is 0 Å². The molecule has 1 fully saturated rings. The third-order valence-electron chi connectivity index (χ3n) is 6.27. The molecule has 3 heterocycles. The van der Waals surface area contributed by atoms with Crippen molar-refractivity contribution in [1.29, 1.82) is 0 Å². The van der Waals surface area contributed by atoms with Crippen LogP contribution in [0.4, 0.5) is 5.69 Å². The van der Waals surface area contributed by atoms with E-state index in [1.165, 1.54) is 12.1 Å². The normalized spacial score (nSPS) is 18.6. The molecule has 0 spiro atoms. The predicted octanol–water partition coefficient (Wildman–Crippen LogP) is 2.97. The first kappa shape index (κ1) is 21.3. The van der Waals surface area contributed by atoms with Crippen molar-refractivity contribution in [2.45, 2.75) is 12.5 Å². The summed E-state index contributed by atoms with van der Waals surface area (Å²) in [6.07, 6.45) is 0.719. The number of fused-ring (bicyclic) bond motifs is 2. The van der Waals surface area contributed by atoms with Crippen LogP contribution >= 0.6 is 0 Å². The fraction of sp³-hybridized carbons (Fsp3) is 0.333. The molecule has 2 aliphatic heterocycles. The second-order valence-electron chi connectivity index (χ2n) is 8.23. The molecule has 1 atom stereocenters. The standard InChI is InChI=1S/C24H23N3O6/c28-22-18-4-1-2-5-19(18)33-23-20(22)21(16-6-8-17(9-7-16)27(30)31)26(24(23)29)11-3-10-25-12-14-32-15-13-25/h1-2,4-9,21H,3,10-15H2/t21-/m1/s1. The molecule has 9 heteroatoms. The molecule has 0 saturated carbocycles. The van der Waals surface area contributed by atoms with Crippen LogP contribution in [0.15, 0.2) is 57.7 Å². The smallest absolute Gasteiger partial charge is 0.290 e. The van der Waals surface area contributed by atoms with Gasteiger partial charge in [0.1, 0.15) is 5.58 Å². The van der Waals surface area contributed by atoms with Crippen LogP contribution in [0.25, 0.3) is 11.0 Å². The number of amides is 1. The fourth-order valence-electron chi connectivity index (χ4n) is 4.61. The Morgan fingerprint density at radius 2 is 1.73 bits per heavy atom. The molecule has 3 aromatic rings. The van der Waals surface area contributed by atoms with Gasteiger partial charge < -0.3 is 14.1 Å². The number of rotatable bonds is 6.